The number of hydrogen-bond donors (Lipinski definition) is 0. The first-order valence-electron chi connectivity index (χ1n) is 9.26. The van der Waals surface area contributed by atoms with Gasteiger partial charge in [-0.25, -0.2) is 0 Å². The van der Waals surface area contributed by atoms with Crippen LogP contribution in [0.25, 0.3) is 0 Å². The first-order valence-corrected chi connectivity index (χ1v) is 9.26. The molecule has 3 unspecified atom stereocenters. The zero-order valence-electron chi connectivity index (χ0n) is 15.0. The quantitative estimate of drug-likeness (QED) is 0.623. The molecule has 2 aromatic rings. The molecule has 0 heterocycles. The van der Waals surface area contributed by atoms with Crippen LogP contribution in [0.1, 0.15) is 67.4 Å². The van der Waals surface area contributed by atoms with Gasteiger partial charge in [-0.3, -0.25) is 4.79 Å². The third kappa shape index (κ3) is 3.45. The van der Waals surface area contributed by atoms with Gasteiger partial charge in [-0.1, -0.05) is 81.8 Å². The van der Waals surface area contributed by atoms with Gasteiger partial charge in [0.1, 0.15) is 0 Å². The van der Waals surface area contributed by atoms with E-state index in [1.807, 2.05) is 42.5 Å². The lowest BCUT2D eigenvalue weighted by molar-refractivity contribution is 0.103. The van der Waals surface area contributed by atoms with Crippen molar-refractivity contribution < 1.29 is 4.79 Å². The molecule has 1 fully saturated rings. The van der Waals surface area contributed by atoms with Crippen LogP contribution in [-0.4, -0.2) is 5.78 Å². The van der Waals surface area contributed by atoms with E-state index in [1.165, 1.54) is 24.8 Å². The number of ketones is 1. The monoisotopic (exact) mass is 320 g/mol. The second kappa shape index (κ2) is 7.34. The number of hydrogen-bond acceptors (Lipinski definition) is 1. The maximum absolute atomic E-state index is 13.1. The highest BCUT2D eigenvalue weighted by molar-refractivity contribution is 6.10. The van der Waals surface area contributed by atoms with Crippen molar-refractivity contribution in [3.63, 3.8) is 0 Å². The summed E-state index contributed by atoms with van der Waals surface area (Å²) in [5, 5.41) is 0. The van der Waals surface area contributed by atoms with E-state index in [0.29, 0.717) is 17.8 Å². The summed E-state index contributed by atoms with van der Waals surface area (Å²) in [6.07, 6.45) is 3.79. The van der Waals surface area contributed by atoms with Crippen LogP contribution in [0.5, 0.6) is 0 Å². The zero-order chi connectivity index (χ0) is 17.1. The summed E-state index contributed by atoms with van der Waals surface area (Å²) in [5.41, 5.74) is 2.94. The van der Waals surface area contributed by atoms with E-state index in [9.17, 15) is 4.79 Å². The van der Waals surface area contributed by atoms with Gasteiger partial charge in [-0.15, -0.1) is 0 Å². The van der Waals surface area contributed by atoms with E-state index in [2.05, 4.69) is 32.9 Å². The molecule has 0 spiro atoms. The molecule has 0 amide bonds. The Morgan fingerprint density at radius 3 is 2.33 bits per heavy atom. The van der Waals surface area contributed by atoms with Gasteiger partial charge in [0.2, 0.25) is 0 Å². The first kappa shape index (κ1) is 17.0. The molecular formula is C23H28O. The highest BCUT2D eigenvalue weighted by atomic mass is 16.1. The minimum Gasteiger partial charge on any atom is -0.289 e. The van der Waals surface area contributed by atoms with Crippen LogP contribution in [0, 0.1) is 17.8 Å². The molecule has 1 heteroatoms. The van der Waals surface area contributed by atoms with Crippen molar-refractivity contribution in [3.05, 3.63) is 71.3 Å². The minimum absolute atomic E-state index is 0.159. The van der Waals surface area contributed by atoms with Crippen LogP contribution >= 0.6 is 0 Å². The summed E-state index contributed by atoms with van der Waals surface area (Å²) >= 11 is 0. The lowest BCUT2D eigenvalue weighted by Crippen LogP contribution is -2.27. The Labute approximate surface area is 146 Å². The number of carbonyl (C=O) groups excluding carboxylic acids is 1. The van der Waals surface area contributed by atoms with Crippen molar-refractivity contribution in [2.75, 3.05) is 0 Å². The van der Waals surface area contributed by atoms with Gasteiger partial charge in [0.25, 0.3) is 0 Å². The van der Waals surface area contributed by atoms with Gasteiger partial charge >= 0.3 is 0 Å². The number of benzene rings is 2. The van der Waals surface area contributed by atoms with Crippen LogP contribution < -0.4 is 0 Å². The molecule has 0 bridgehead atoms. The topological polar surface area (TPSA) is 17.1 Å². The predicted octanol–water partition coefficient (Wildman–Crippen LogP) is 6.09. The summed E-state index contributed by atoms with van der Waals surface area (Å²) in [7, 11) is 0. The fraction of sp³-hybridized carbons (Fsp3) is 0.435. The Morgan fingerprint density at radius 2 is 1.62 bits per heavy atom. The second-order valence-electron chi connectivity index (χ2n) is 7.71. The van der Waals surface area contributed by atoms with E-state index >= 15 is 0 Å². The average molecular weight is 320 g/mol. The molecule has 3 rings (SSSR count). The van der Waals surface area contributed by atoms with Gasteiger partial charge in [-0.05, 0) is 42.1 Å². The molecule has 0 saturated heterocycles. The maximum atomic E-state index is 13.1. The molecule has 1 nitrogen and oxygen atoms in total. The van der Waals surface area contributed by atoms with Crippen molar-refractivity contribution in [1.82, 2.24) is 0 Å². The summed E-state index contributed by atoms with van der Waals surface area (Å²) in [5.74, 6) is 2.72. The van der Waals surface area contributed by atoms with Crippen LogP contribution in [0.15, 0.2) is 54.6 Å². The largest absolute Gasteiger partial charge is 0.289 e. The summed E-state index contributed by atoms with van der Waals surface area (Å²) in [6.45, 7) is 7.01. The van der Waals surface area contributed by atoms with Gasteiger partial charge in [0.05, 0.1) is 0 Å². The summed E-state index contributed by atoms with van der Waals surface area (Å²) in [6, 6.07) is 18.0. The Kier molecular flexibility index (Phi) is 5.18. The molecule has 0 radical (unpaired) electrons. The highest BCUT2D eigenvalue weighted by Gasteiger charge is 2.33. The highest BCUT2D eigenvalue weighted by Crippen LogP contribution is 2.45. The van der Waals surface area contributed by atoms with Crippen LogP contribution in [0.3, 0.4) is 0 Å². The third-order valence-corrected chi connectivity index (χ3v) is 5.66. The van der Waals surface area contributed by atoms with Crippen LogP contribution in [0.4, 0.5) is 0 Å². The summed E-state index contributed by atoms with van der Waals surface area (Å²) < 4.78 is 0. The lowest BCUT2D eigenvalue weighted by atomic mass is 9.66. The molecule has 1 aliphatic rings. The molecule has 0 aromatic heterocycles. The van der Waals surface area contributed by atoms with Crippen molar-refractivity contribution >= 4 is 5.78 Å². The van der Waals surface area contributed by atoms with Gasteiger partial charge in [0.15, 0.2) is 5.78 Å². The molecule has 1 aliphatic carbocycles. The second-order valence-corrected chi connectivity index (χ2v) is 7.71. The van der Waals surface area contributed by atoms with Gasteiger partial charge in [0, 0.05) is 11.1 Å². The Morgan fingerprint density at radius 1 is 0.958 bits per heavy atom. The third-order valence-electron chi connectivity index (χ3n) is 5.66. The normalized spacial score (nSPS) is 24.1. The summed E-state index contributed by atoms with van der Waals surface area (Å²) in [4.78, 5) is 13.1. The van der Waals surface area contributed by atoms with E-state index < -0.39 is 0 Å². The standard InChI is InChI=1S/C23H28O/c1-16(2)19-14-13-17(3)15-22(19)20-11-7-8-12-21(20)23(24)18-9-5-4-6-10-18/h4-12,16-17,19,22H,13-15H2,1-3H3. The lowest BCUT2D eigenvalue weighted by Gasteiger charge is -2.38. The average Bonchev–Trinajstić information content (AvgIpc) is 2.61. The molecule has 0 N–H and O–H groups in total. The van der Waals surface area contributed by atoms with Gasteiger partial charge in [-0.2, -0.15) is 0 Å². The van der Waals surface area contributed by atoms with Crippen molar-refractivity contribution in [2.45, 2.75) is 46.0 Å². The van der Waals surface area contributed by atoms with Crippen molar-refractivity contribution in [1.29, 1.82) is 0 Å². The number of carbonyl (C=O) groups is 1. The van der Waals surface area contributed by atoms with Crippen LogP contribution in [0.2, 0.25) is 0 Å². The molecule has 2 aromatic carbocycles. The predicted molar refractivity (Wildman–Crippen MR) is 100 cm³/mol. The number of rotatable bonds is 4. The maximum Gasteiger partial charge on any atom is 0.193 e. The fourth-order valence-corrected chi connectivity index (χ4v) is 4.33. The zero-order valence-corrected chi connectivity index (χ0v) is 15.0. The molecule has 24 heavy (non-hydrogen) atoms. The smallest absolute Gasteiger partial charge is 0.193 e. The van der Waals surface area contributed by atoms with Crippen molar-refractivity contribution in [2.24, 2.45) is 17.8 Å². The van der Waals surface area contributed by atoms with Crippen LogP contribution in [-0.2, 0) is 0 Å². The Hall–Kier alpha value is -1.89. The van der Waals surface area contributed by atoms with E-state index in [1.54, 1.807) is 0 Å². The molecule has 0 aliphatic heterocycles. The van der Waals surface area contributed by atoms with E-state index in [0.717, 1.165) is 17.0 Å². The molecule has 126 valence electrons. The molecule has 3 atom stereocenters. The minimum atomic E-state index is 0.159. The molecule has 1 saturated carbocycles. The van der Waals surface area contributed by atoms with E-state index in [4.69, 9.17) is 0 Å². The van der Waals surface area contributed by atoms with E-state index in [-0.39, 0.29) is 5.78 Å². The fourth-order valence-electron chi connectivity index (χ4n) is 4.33. The molecular weight excluding hydrogens is 292 g/mol. The Bertz CT molecular complexity index is 686. The van der Waals surface area contributed by atoms with Gasteiger partial charge < -0.3 is 0 Å². The van der Waals surface area contributed by atoms with Crippen molar-refractivity contribution in [3.8, 4) is 0 Å². The first-order chi connectivity index (χ1) is 11.6. The SMILES string of the molecule is CC1CCC(C(C)C)C(c2ccccc2C(=O)c2ccccc2)C1. The Balaban J connectivity index is 2.00.